The second-order valence-corrected chi connectivity index (χ2v) is 8.36. The van der Waals surface area contributed by atoms with Crippen molar-refractivity contribution in [2.24, 2.45) is 0 Å². The Balaban J connectivity index is 1.45. The zero-order chi connectivity index (χ0) is 22.3. The predicted octanol–water partition coefficient (Wildman–Crippen LogP) is 4.77. The first-order valence-corrected chi connectivity index (χ1v) is 11.5. The summed E-state index contributed by atoms with van der Waals surface area (Å²) >= 11 is 2.39. The van der Waals surface area contributed by atoms with Crippen molar-refractivity contribution in [1.29, 1.82) is 0 Å². The van der Waals surface area contributed by atoms with Gasteiger partial charge in [0, 0.05) is 22.8 Å². The van der Waals surface area contributed by atoms with Crippen molar-refractivity contribution in [3.8, 4) is 21.9 Å². The SMILES string of the molecule is CCOC(=O)c1sc(-c2ccccc2)cc1NC(=O)CSc1nnc(-c2ccncc2)o1. The summed E-state index contributed by atoms with van der Waals surface area (Å²) in [4.78, 5) is 30.1. The molecule has 4 aromatic rings. The molecule has 0 spiro atoms. The van der Waals surface area contributed by atoms with E-state index in [4.69, 9.17) is 9.15 Å². The fourth-order valence-corrected chi connectivity index (χ4v) is 4.35. The van der Waals surface area contributed by atoms with Gasteiger partial charge < -0.3 is 14.5 Å². The molecule has 0 atom stereocenters. The molecule has 0 saturated carbocycles. The summed E-state index contributed by atoms with van der Waals surface area (Å²) in [5.41, 5.74) is 2.11. The van der Waals surface area contributed by atoms with E-state index >= 15 is 0 Å². The minimum Gasteiger partial charge on any atom is -0.462 e. The summed E-state index contributed by atoms with van der Waals surface area (Å²) in [6, 6.07) is 14.9. The lowest BCUT2D eigenvalue weighted by molar-refractivity contribution is -0.113. The topological polar surface area (TPSA) is 107 Å². The van der Waals surface area contributed by atoms with Crippen LogP contribution in [0.25, 0.3) is 21.9 Å². The smallest absolute Gasteiger partial charge is 0.350 e. The lowest BCUT2D eigenvalue weighted by Crippen LogP contribution is -2.16. The molecule has 0 fully saturated rings. The van der Waals surface area contributed by atoms with Crippen LogP contribution in [0.4, 0.5) is 5.69 Å². The Kier molecular flexibility index (Phi) is 6.93. The van der Waals surface area contributed by atoms with Crippen LogP contribution in [0.5, 0.6) is 0 Å². The van der Waals surface area contributed by atoms with Gasteiger partial charge in [-0.1, -0.05) is 42.1 Å². The summed E-state index contributed by atoms with van der Waals surface area (Å²) in [6.07, 6.45) is 3.26. The number of benzene rings is 1. The van der Waals surface area contributed by atoms with Gasteiger partial charge in [-0.05, 0) is 30.7 Å². The summed E-state index contributed by atoms with van der Waals surface area (Å²) in [7, 11) is 0. The second-order valence-electron chi connectivity index (χ2n) is 6.39. The highest BCUT2D eigenvalue weighted by atomic mass is 32.2. The Morgan fingerprint density at radius 2 is 1.88 bits per heavy atom. The van der Waals surface area contributed by atoms with E-state index in [1.165, 1.54) is 11.3 Å². The predicted molar refractivity (Wildman–Crippen MR) is 123 cm³/mol. The molecule has 0 bridgehead atoms. The Bertz CT molecular complexity index is 1210. The van der Waals surface area contributed by atoms with Crippen LogP contribution < -0.4 is 5.32 Å². The van der Waals surface area contributed by atoms with Crippen LogP contribution in [0, 0.1) is 0 Å². The molecule has 1 aromatic carbocycles. The van der Waals surface area contributed by atoms with E-state index in [2.05, 4.69) is 20.5 Å². The van der Waals surface area contributed by atoms with Crippen LogP contribution >= 0.6 is 23.1 Å². The van der Waals surface area contributed by atoms with Gasteiger partial charge in [0.1, 0.15) is 4.88 Å². The second kappa shape index (κ2) is 10.2. The maximum atomic E-state index is 12.6. The molecular weight excluding hydrogens is 448 g/mol. The van der Waals surface area contributed by atoms with E-state index in [9.17, 15) is 9.59 Å². The monoisotopic (exact) mass is 466 g/mol. The quantitative estimate of drug-likeness (QED) is 0.292. The first-order valence-electron chi connectivity index (χ1n) is 9.67. The Labute approximate surface area is 192 Å². The van der Waals surface area contributed by atoms with Gasteiger partial charge in [-0.2, -0.15) is 0 Å². The van der Waals surface area contributed by atoms with Gasteiger partial charge in [-0.3, -0.25) is 9.78 Å². The van der Waals surface area contributed by atoms with Crippen LogP contribution in [0.2, 0.25) is 0 Å². The van der Waals surface area contributed by atoms with Crippen molar-refractivity contribution in [2.75, 3.05) is 17.7 Å². The van der Waals surface area contributed by atoms with Crippen molar-refractivity contribution in [2.45, 2.75) is 12.1 Å². The van der Waals surface area contributed by atoms with Crippen LogP contribution in [-0.4, -0.2) is 39.4 Å². The number of anilines is 1. The van der Waals surface area contributed by atoms with Crippen LogP contribution in [-0.2, 0) is 9.53 Å². The number of aromatic nitrogens is 3. The fourth-order valence-electron chi connectivity index (χ4n) is 2.77. The number of ether oxygens (including phenoxy) is 1. The van der Waals surface area contributed by atoms with Gasteiger partial charge in [0.2, 0.25) is 11.8 Å². The van der Waals surface area contributed by atoms with Crippen molar-refractivity contribution in [3.63, 3.8) is 0 Å². The molecule has 0 unspecified atom stereocenters. The lowest BCUT2D eigenvalue weighted by Gasteiger charge is -2.05. The Hall–Kier alpha value is -3.50. The Morgan fingerprint density at radius 1 is 1.09 bits per heavy atom. The van der Waals surface area contributed by atoms with E-state index in [0.29, 0.717) is 16.5 Å². The molecule has 10 heteroatoms. The third-order valence-corrected chi connectivity index (χ3v) is 6.17. The van der Waals surface area contributed by atoms with Gasteiger partial charge in [0.15, 0.2) is 0 Å². The maximum Gasteiger partial charge on any atom is 0.350 e. The molecule has 3 aromatic heterocycles. The molecule has 8 nitrogen and oxygen atoms in total. The third kappa shape index (κ3) is 5.21. The molecule has 0 aliphatic rings. The number of rotatable bonds is 8. The molecule has 0 radical (unpaired) electrons. The summed E-state index contributed by atoms with van der Waals surface area (Å²) in [5, 5.41) is 11.0. The molecule has 0 aliphatic heterocycles. The lowest BCUT2D eigenvalue weighted by atomic mass is 10.2. The number of carbonyl (C=O) groups is 2. The van der Waals surface area contributed by atoms with Gasteiger partial charge in [0.05, 0.1) is 18.0 Å². The molecule has 1 amide bonds. The standard InChI is InChI=1S/C22H18N4O4S2/c1-2-29-21(28)19-16(12-17(32-19)14-6-4-3-5-7-14)24-18(27)13-31-22-26-25-20(30-22)15-8-10-23-11-9-15/h3-12H,2,13H2,1H3,(H,24,27). The van der Waals surface area contributed by atoms with Crippen molar-refractivity contribution in [3.05, 3.63) is 65.8 Å². The van der Waals surface area contributed by atoms with Crippen LogP contribution in [0.1, 0.15) is 16.6 Å². The zero-order valence-electron chi connectivity index (χ0n) is 17.0. The maximum absolute atomic E-state index is 12.6. The number of amides is 1. The molecular formula is C22H18N4O4S2. The number of thioether (sulfide) groups is 1. The number of hydrogen-bond acceptors (Lipinski definition) is 9. The molecule has 32 heavy (non-hydrogen) atoms. The molecule has 4 rings (SSSR count). The average Bonchev–Trinajstić information content (AvgIpc) is 3.47. The van der Waals surface area contributed by atoms with E-state index in [-0.39, 0.29) is 23.5 Å². The van der Waals surface area contributed by atoms with Gasteiger partial charge >= 0.3 is 5.97 Å². The normalized spacial score (nSPS) is 10.7. The number of nitrogens with one attached hydrogen (secondary N) is 1. The summed E-state index contributed by atoms with van der Waals surface area (Å²) in [6.45, 7) is 1.99. The molecule has 0 aliphatic carbocycles. The van der Waals surface area contributed by atoms with Crippen molar-refractivity contribution >= 4 is 40.7 Å². The minimum atomic E-state index is -0.471. The minimum absolute atomic E-state index is 0.0385. The van der Waals surface area contributed by atoms with Crippen molar-refractivity contribution < 1.29 is 18.7 Å². The zero-order valence-corrected chi connectivity index (χ0v) is 18.6. The first kappa shape index (κ1) is 21.7. The number of hydrogen-bond donors (Lipinski definition) is 1. The number of pyridine rings is 1. The molecule has 1 N–H and O–H groups in total. The van der Waals surface area contributed by atoms with Crippen LogP contribution in [0.15, 0.2) is 70.6 Å². The largest absolute Gasteiger partial charge is 0.462 e. The van der Waals surface area contributed by atoms with Gasteiger partial charge in [-0.15, -0.1) is 21.5 Å². The van der Waals surface area contributed by atoms with Gasteiger partial charge in [0.25, 0.3) is 5.22 Å². The summed E-state index contributed by atoms with van der Waals surface area (Å²) in [5.74, 6) is -0.384. The van der Waals surface area contributed by atoms with E-state index in [0.717, 1.165) is 27.8 Å². The summed E-state index contributed by atoms with van der Waals surface area (Å²) < 4.78 is 10.7. The Morgan fingerprint density at radius 3 is 2.62 bits per heavy atom. The highest BCUT2D eigenvalue weighted by molar-refractivity contribution is 7.99. The highest BCUT2D eigenvalue weighted by Gasteiger charge is 2.20. The number of esters is 1. The number of nitrogens with zero attached hydrogens (tertiary/aromatic N) is 3. The van der Waals surface area contributed by atoms with E-state index < -0.39 is 5.97 Å². The fraction of sp³-hybridized carbons (Fsp3) is 0.136. The first-order chi connectivity index (χ1) is 15.6. The highest BCUT2D eigenvalue weighted by Crippen LogP contribution is 2.35. The van der Waals surface area contributed by atoms with E-state index in [1.54, 1.807) is 37.5 Å². The molecule has 162 valence electrons. The number of carbonyl (C=O) groups excluding carboxylic acids is 2. The van der Waals surface area contributed by atoms with E-state index in [1.807, 2.05) is 30.3 Å². The van der Waals surface area contributed by atoms with Crippen LogP contribution in [0.3, 0.4) is 0 Å². The van der Waals surface area contributed by atoms with Gasteiger partial charge in [-0.25, -0.2) is 4.79 Å². The molecule has 3 heterocycles. The van der Waals surface area contributed by atoms with Crippen molar-refractivity contribution in [1.82, 2.24) is 15.2 Å². The third-order valence-electron chi connectivity index (χ3n) is 4.19. The number of thiophene rings is 1. The average molecular weight is 467 g/mol. The molecule has 0 saturated heterocycles.